The zero-order valence-corrected chi connectivity index (χ0v) is 46.1. The van der Waals surface area contributed by atoms with Gasteiger partial charge in [-0.2, -0.15) is 0 Å². The van der Waals surface area contributed by atoms with Crippen molar-refractivity contribution in [2.24, 2.45) is 0 Å². The Hall–Kier alpha value is -11.5. The van der Waals surface area contributed by atoms with E-state index in [-0.39, 0.29) is 6.71 Å². The molecular formula is C78H46BN3O4. The molecule has 17 aromatic rings. The van der Waals surface area contributed by atoms with Crippen LogP contribution >= 0.6 is 0 Å². The highest BCUT2D eigenvalue weighted by Gasteiger charge is 2.45. The summed E-state index contributed by atoms with van der Waals surface area (Å²) in [5, 5.41) is 8.42. The van der Waals surface area contributed by atoms with Crippen molar-refractivity contribution in [1.82, 2.24) is 0 Å². The van der Waals surface area contributed by atoms with Gasteiger partial charge in [-0.1, -0.05) is 158 Å². The van der Waals surface area contributed by atoms with Crippen molar-refractivity contribution < 1.29 is 17.7 Å². The Bertz CT molecular complexity index is 5280. The first kappa shape index (κ1) is 47.1. The Morgan fingerprint density at radius 2 is 0.581 bits per heavy atom. The van der Waals surface area contributed by atoms with Crippen molar-refractivity contribution in [2.45, 2.75) is 0 Å². The van der Waals surface area contributed by atoms with Crippen molar-refractivity contribution in [3.63, 3.8) is 0 Å². The van der Waals surface area contributed by atoms with Crippen LogP contribution in [0.4, 0.5) is 51.2 Å². The van der Waals surface area contributed by atoms with Gasteiger partial charge in [-0.05, 0) is 160 Å². The molecule has 0 bridgehead atoms. The topological polar surface area (TPSA) is 62.3 Å². The second-order valence-electron chi connectivity index (χ2n) is 22.7. The van der Waals surface area contributed by atoms with Crippen molar-refractivity contribution in [3.8, 4) is 22.3 Å². The van der Waals surface area contributed by atoms with E-state index in [2.05, 4.69) is 282 Å². The maximum absolute atomic E-state index is 6.89. The molecule has 400 valence electrons. The summed E-state index contributed by atoms with van der Waals surface area (Å²) < 4.78 is 26.9. The minimum atomic E-state index is -0.289. The maximum Gasteiger partial charge on any atom is 0.252 e. The first-order valence-corrected chi connectivity index (χ1v) is 29.2. The molecule has 4 aromatic heterocycles. The molecular weight excluding hydrogens is 1050 g/mol. The summed E-state index contributed by atoms with van der Waals surface area (Å²) in [7, 11) is 0. The van der Waals surface area contributed by atoms with Crippen LogP contribution in [0.25, 0.3) is 110 Å². The molecule has 0 atom stereocenters. The van der Waals surface area contributed by atoms with Gasteiger partial charge in [0.25, 0.3) is 6.71 Å². The lowest BCUT2D eigenvalue weighted by Gasteiger charge is -2.45. The van der Waals surface area contributed by atoms with Crippen LogP contribution in [0, 0.1) is 0 Å². The molecule has 6 heterocycles. The summed E-state index contributed by atoms with van der Waals surface area (Å²) in [6, 6.07) is 100. The zero-order valence-electron chi connectivity index (χ0n) is 46.1. The fraction of sp³-hybridized carbons (Fsp3) is 0. The third-order valence-electron chi connectivity index (χ3n) is 18.0. The van der Waals surface area contributed by atoms with E-state index in [0.717, 1.165) is 178 Å². The van der Waals surface area contributed by atoms with Gasteiger partial charge in [0.05, 0.1) is 5.69 Å². The van der Waals surface area contributed by atoms with Crippen LogP contribution < -0.4 is 31.1 Å². The highest BCUT2D eigenvalue weighted by Crippen LogP contribution is 2.51. The Balaban J connectivity index is 0.950. The van der Waals surface area contributed by atoms with Crippen LogP contribution in [0.3, 0.4) is 0 Å². The molecule has 86 heavy (non-hydrogen) atoms. The molecule has 2 aliphatic rings. The van der Waals surface area contributed by atoms with E-state index in [4.69, 9.17) is 17.7 Å². The van der Waals surface area contributed by atoms with Gasteiger partial charge in [0.2, 0.25) is 0 Å². The minimum absolute atomic E-state index is 0.289. The molecule has 0 saturated heterocycles. The van der Waals surface area contributed by atoms with Crippen LogP contribution in [-0.4, -0.2) is 6.71 Å². The number of hydrogen-bond donors (Lipinski definition) is 0. The van der Waals surface area contributed by atoms with Gasteiger partial charge < -0.3 is 32.4 Å². The Kier molecular flexibility index (Phi) is 9.86. The monoisotopic (exact) mass is 1100 g/mol. The second-order valence-corrected chi connectivity index (χ2v) is 22.7. The van der Waals surface area contributed by atoms with Gasteiger partial charge in [-0.25, -0.2) is 0 Å². The quantitative estimate of drug-likeness (QED) is 0.147. The summed E-state index contributed by atoms with van der Waals surface area (Å²) in [5.41, 5.74) is 23.9. The summed E-state index contributed by atoms with van der Waals surface area (Å²) in [6.45, 7) is -0.289. The molecule has 0 aliphatic carbocycles. The third kappa shape index (κ3) is 6.98. The molecule has 0 fully saturated rings. The molecule has 0 radical (unpaired) electrons. The van der Waals surface area contributed by atoms with Crippen LogP contribution in [0.15, 0.2) is 297 Å². The van der Waals surface area contributed by atoms with Crippen molar-refractivity contribution >= 4 is 162 Å². The van der Waals surface area contributed by atoms with Crippen LogP contribution in [0.5, 0.6) is 0 Å². The zero-order chi connectivity index (χ0) is 56.1. The molecule has 0 amide bonds. The fourth-order valence-electron chi connectivity index (χ4n) is 14.1. The Labute approximate surface area is 493 Å². The van der Waals surface area contributed by atoms with E-state index >= 15 is 0 Å². The molecule has 2 aliphatic heterocycles. The number of anilines is 9. The molecule has 19 rings (SSSR count). The van der Waals surface area contributed by atoms with Crippen LogP contribution in [0.1, 0.15) is 0 Å². The van der Waals surface area contributed by atoms with E-state index in [1.54, 1.807) is 0 Å². The number of hydrogen-bond acceptors (Lipinski definition) is 7. The highest BCUT2D eigenvalue weighted by molar-refractivity contribution is 7.00. The van der Waals surface area contributed by atoms with Crippen LogP contribution in [0.2, 0.25) is 0 Å². The predicted octanol–water partition coefficient (Wildman–Crippen LogP) is 20.2. The van der Waals surface area contributed by atoms with E-state index in [1.807, 2.05) is 12.1 Å². The van der Waals surface area contributed by atoms with Gasteiger partial charge >= 0.3 is 0 Å². The van der Waals surface area contributed by atoms with E-state index in [0.29, 0.717) is 0 Å². The molecule has 0 unspecified atom stereocenters. The largest absolute Gasteiger partial charge is 0.456 e. The first-order chi connectivity index (χ1) is 42.6. The van der Waals surface area contributed by atoms with Crippen molar-refractivity contribution in [1.29, 1.82) is 0 Å². The molecule has 8 heteroatoms. The molecule has 0 saturated carbocycles. The average molecular weight is 1100 g/mol. The highest BCUT2D eigenvalue weighted by atomic mass is 16.3. The molecule has 13 aromatic carbocycles. The summed E-state index contributed by atoms with van der Waals surface area (Å²) >= 11 is 0. The number of furan rings is 4. The third-order valence-corrected chi connectivity index (χ3v) is 18.0. The number of fused-ring (bicyclic) bond motifs is 16. The Morgan fingerprint density at radius 3 is 0.988 bits per heavy atom. The summed E-state index contributed by atoms with van der Waals surface area (Å²) in [5.74, 6) is 0. The van der Waals surface area contributed by atoms with Gasteiger partial charge in [-0.3, -0.25) is 0 Å². The first-order valence-electron chi connectivity index (χ1n) is 29.2. The van der Waals surface area contributed by atoms with Gasteiger partial charge in [0.15, 0.2) is 0 Å². The normalized spacial score (nSPS) is 12.8. The number of para-hydroxylation sites is 4. The predicted molar refractivity (Wildman–Crippen MR) is 355 cm³/mol. The lowest BCUT2D eigenvalue weighted by molar-refractivity contribution is 0.668. The number of benzene rings is 13. The maximum atomic E-state index is 6.89. The lowest BCUT2D eigenvalue weighted by atomic mass is 9.33. The molecule has 0 N–H and O–H groups in total. The van der Waals surface area contributed by atoms with Gasteiger partial charge in [-0.15, -0.1) is 0 Å². The van der Waals surface area contributed by atoms with Crippen molar-refractivity contribution in [2.75, 3.05) is 14.7 Å². The lowest BCUT2D eigenvalue weighted by Crippen LogP contribution is -2.61. The van der Waals surface area contributed by atoms with E-state index in [1.165, 1.54) is 0 Å². The number of nitrogens with zero attached hydrogens (tertiary/aromatic N) is 3. The van der Waals surface area contributed by atoms with Crippen molar-refractivity contribution in [3.05, 3.63) is 279 Å². The smallest absolute Gasteiger partial charge is 0.252 e. The van der Waals surface area contributed by atoms with Gasteiger partial charge in [0.1, 0.15) is 44.7 Å². The number of rotatable bonds is 7. The second kappa shape index (κ2) is 18.0. The average Bonchev–Trinajstić information content (AvgIpc) is 0.963. The van der Waals surface area contributed by atoms with E-state index in [9.17, 15) is 0 Å². The summed E-state index contributed by atoms with van der Waals surface area (Å²) in [4.78, 5) is 7.43. The molecule has 0 spiro atoms. The molecule has 7 nitrogen and oxygen atoms in total. The van der Waals surface area contributed by atoms with Gasteiger partial charge in [0, 0.05) is 88.6 Å². The van der Waals surface area contributed by atoms with Crippen LogP contribution in [-0.2, 0) is 0 Å². The van der Waals surface area contributed by atoms with E-state index < -0.39 is 0 Å². The fourth-order valence-corrected chi connectivity index (χ4v) is 14.1. The minimum Gasteiger partial charge on any atom is -0.456 e. The standard InChI is InChI=1S/C78H46BN3O4/c1-3-15-47(16-4-1)49-27-31-51(32-28-49)80(52-33-29-50(30-34-52)48-17-5-2-6-18-48)55-41-68-78-69(42-55)82(54-36-38-75-61(40-54)57-20-8-12-24-71(57)84-75)67-44-63-59-22-10-14-26-73(59)86-77(63)46-65(67)79(78)64-45-76-62(58-21-9-13-25-72(58)85-76)43-66(64)81(68)53-35-37-74-60(39-53)56-19-7-11-23-70(56)83-74/h1-46H. The Morgan fingerprint density at radius 1 is 0.244 bits per heavy atom. The summed E-state index contributed by atoms with van der Waals surface area (Å²) in [6.07, 6.45) is 0. The SMILES string of the molecule is c1ccc(-c2ccc(N(c3ccc(-c4ccccc4)cc3)c3cc4c5c(c3)N(c3ccc6oc7ccccc7c6c3)c3cc6c(cc3B5c3cc5oc7ccccc7c5cc3N4c3ccc4oc5ccccc5c4c3)oc3ccccc36)cc2)cc1.